The smallest absolute Gasteiger partial charge is 0.293 e. The fourth-order valence-corrected chi connectivity index (χ4v) is 3.29. The van der Waals surface area contributed by atoms with Crippen molar-refractivity contribution in [2.45, 2.75) is 30.6 Å². The lowest BCUT2D eigenvalue weighted by Gasteiger charge is -2.08. The van der Waals surface area contributed by atoms with E-state index < -0.39 is 20.6 Å². The molecule has 8 heteroatoms. The molecule has 0 heterocycles. The third-order valence-corrected chi connectivity index (χ3v) is 4.84. The molecule has 1 aromatic rings. The van der Waals surface area contributed by atoms with Gasteiger partial charge in [0.25, 0.3) is 5.69 Å². The summed E-state index contributed by atoms with van der Waals surface area (Å²) < 4.78 is 26.7. The molecule has 0 saturated heterocycles. The van der Waals surface area contributed by atoms with Crippen LogP contribution in [0, 0.1) is 10.1 Å². The van der Waals surface area contributed by atoms with E-state index in [9.17, 15) is 18.5 Å². The van der Waals surface area contributed by atoms with Gasteiger partial charge in [0.2, 0.25) is 10.0 Å². The number of hydrogen-bond donors (Lipinski definition) is 2. The molecule has 0 fully saturated rings. The SMILES string of the molecule is Nc1ccc(S(=O)(=O)NCCC2=CCCC2)cc1[N+](=O)[O-]. The summed E-state index contributed by atoms with van der Waals surface area (Å²) in [7, 11) is -3.76. The molecule has 114 valence electrons. The lowest BCUT2D eigenvalue weighted by atomic mass is 10.2. The van der Waals surface area contributed by atoms with Crippen molar-refractivity contribution in [2.75, 3.05) is 12.3 Å². The maximum atomic E-state index is 12.1. The van der Waals surface area contributed by atoms with Crippen LogP contribution in [0.5, 0.6) is 0 Å². The van der Waals surface area contributed by atoms with Gasteiger partial charge in [-0.25, -0.2) is 13.1 Å². The molecule has 7 nitrogen and oxygen atoms in total. The maximum absolute atomic E-state index is 12.1. The van der Waals surface area contributed by atoms with E-state index in [1.54, 1.807) is 0 Å². The summed E-state index contributed by atoms with van der Waals surface area (Å²) in [4.78, 5) is 9.95. The van der Waals surface area contributed by atoms with Gasteiger partial charge < -0.3 is 5.73 Å². The predicted molar refractivity (Wildman–Crippen MR) is 79.2 cm³/mol. The summed E-state index contributed by atoms with van der Waals surface area (Å²) in [6.45, 7) is 0.284. The van der Waals surface area contributed by atoms with E-state index >= 15 is 0 Å². The second kappa shape index (κ2) is 6.23. The Balaban J connectivity index is 2.08. The van der Waals surface area contributed by atoms with E-state index in [0.29, 0.717) is 6.42 Å². The fraction of sp³-hybridized carbons (Fsp3) is 0.385. The Morgan fingerprint density at radius 3 is 2.76 bits per heavy atom. The number of nitrogens with zero attached hydrogens (tertiary/aromatic N) is 1. The molecule has 0 saturated carbocycles. The normalized spacial score (nSPS) is 15.0. The van der Waals surface area contributed by atoms with Gasteiger partial charge in [0.15, 0.2) is 0 Å². The van der Waals surface area contributed by atoms with Gasteiger partial charge in [0.1, 0.15) is 5.69 Å². The van der Waals surface area contributed by atoms with Crippen molar-refractivity contribution in [1.29, 1.82) is 0 Å². The zero-order valence-electron chi connectivity index (χ0n) is 11.4. The first-order valence-electron chi connectivity index (χ1n) is 6.61. The van der Waals surface area contributed by atoms with Crippen LogP contribution >= 0.6 is 0 Å². The predicted octanol–water partition coefficient (Wildman–Crippen LogP) is 1.96. The molecule has 0 amide bonds. The number of rotatable bonds is 6. The van der Waals surface area contributed by atoms with Crippen LogP contribution in [0.4, 0.5) is 11.4 Å². The highest BCUT2D eigenvalue weighted by Crippen LogP contribution is 2.25. The summed E-state index contributed by atoms with van der Waals surface area (Å²) in [5.74, 6) is 0. The molecular weight excluding hydrogens is 294 g/mol. The molecule has 0 atom stereocenters. The van der Waals surface area contributed by atoms with Crippen LogP contribution < -0.4 is 10.5 Å². The minimum absolute atomic E-state index is 0.0601. The Hall–Kier alpha value is -1.93. The third kappa shape index (κ3) is 3.79. The third-order valence-electron chi connectivity index (χ3n) is 3.38. The molecule has 1 aliphatic rings. The lowest BCUT2D eigenvalue weighted by molar-refractivity contribution is -0.384. The van der Waals surface area contributed by atoms with Gasteiger partial charge in [0.05, 0.1) is 9.82 Å². The number of sulfonamides is 1. The van der Waals surface area contributed by atoms with Gasteiger partial charge in [-0.1, -0.05) is 11.6 Å². The Bertz CT molecular complexity index is 683. The van der Waals surface area contributed by atoms with E-state index in [1.807, 2.05) is 0 Å². The van der Waals surface area contributed by atoms with E-state index in [4.69, 9.17) is 5.73 Å². The average Bonchev–Trinajstić information content (AvgIpc) is 2.91. The van der Waals surface area contributed by atoms with Crippen LogP contribution in [0.2, 0.25) is 0 Å². The molecule has 2 rings (SSSR count). The second-order valence-corrected chi connectivity index (χ2v) is 6.65. The Labute approximate surface area is 123 Å². The highest BCUT2D eigenvalue weighted by molar-refractivity contribution is 7.89. The van der Waals surface area contributed by atoms with E-state index in [2.05, 4.69) is 10.8 Å². The minimum Gasteiger partial charge on any atom is -0.393 e. The molecule has 1 aromatic carbocycles. The number of nitrogens with one attached hydrogen (secondary N) is 1. The molecule has 3 N–H and O–H groups in total. The van der Waals surface area contributed by atoms with Crippen molar-refractivity contribution in [3.05, 3.63) is 40.0 Å². The highest BCUT2D eigenvalue weighted by atomic mass is 32.2. The summed E-state index contributed by atoms with van der Waals surface area (Å²) in [5.41, 5.74) is 6.24. The number of benzene rings is 1. The van der Waals surface area contributed by atoms with Crippen molar-refractivity contribution in [1.82, 2.24) is 4.72 Å². The first-order valence-corrected chi connectivity index (χ1v) is 8.10. The standard InChI is InChI=1S/C13H17N3O4S/c14-12-6-5-11(9-13(12)16(17)18)21(19,20)15-8-7-10-3-1-2-4-10/h3,5-6,9,15H,1-2,4,7-8,14H2. The second-order valence-electron chi connectivity index (χ2n) is 4.88. The van der Waals surface area contributed by atoms with Crippen LogP contribution in [-0.4, -0.2) is 19.9 Å². The van der Waals surface area contributed by atoms with Crippen LogP contribution in [0.25, 0.3) is 0 Å². The Morgan fingerprint density at radius 1 is 1.38 bits per heavy atom. The van der Waals surface area contributed by atoms with Gasteiger partial charge in [-0.3, -0.25) is 10.1 Å². The first-order chi connectivity index (χ1) is 9.90. The molecule has 0 bridgehead atoms. The summed E-state index contributed by atoms with van der Waals surface area (Å²) in [5, 5.41) is 10.8. The van der Waals surface area contributed by atoms with Crippen LogP contribution in [0.1, 0.15) is 25.7 Å². The van der Waals surface area contributed by atoms with Crippen LogP contribution in [0.3, 0.4) is 0 Å². The topological polar surface area (TPSA) is 115 Å². The molecule has 21 heavy (non-hydrogen) atoms. The molecule has 0 unspecified atom stereocenters. The average molecular weight is 311 g/mol. The number of anilines is 1. The number of allylic oxidation sites excluding steroid dienone is 1. The fourth-order valence-electron chi connectivity index (χ4n) is 2.24. The lowest BCUT2D eigenvalue weighted by Crippen LogP contribution is -2.25. The van der Waals surface area contributed by atoms with E-state index in [1.165, 1.54) is 17.7 Å². The monoisotopic (exact) mass is 311 g/mol. The number of nitro groups is 1. The van der Waals surface area contributed by atoms with Crippen molar-refractivity contribution < 1.29 is 13.3 Å². The number of hydrogen-bond acceptors (Lipinski definition) is 5. The van der Waals surface area contributed by atoms with Crippen molar-refractivity contribution in [3.63, 3.8) is 0 Å². The Kier molecular flexibility index (Phi) is 4.59. The first kappa shape index (κ1) is 15.5. The largest absolute Gasteiger partial charge is 0.393 e. The summed E-state index contributed by atoms with van der Waals surface area (Å²) >= 11 is 0. The summed E-state index contributed by atoms with van der Waals surface area (Å²) in [6, 6.07) is 3.47. The van der Waals surface area contributed by atoms with Crippen molar-refractivity contribution in [3.8, 4) is 0 Å². The molecule has 1 aliphatic carbocycles. The Morgan fingerprint density at radius 2 is 2.14 bits per heavy atom. The zero-order valence-corrected chi connectivity index (χ0v) is 12.2. The molecule has 0 aromatic heterocycles. The number of nitrogens with two attached hydrogens (primary N) is 1. The van der Waals surface area contributed by atoms with Crippen molar-refractivity contribution in [2.24, 2.45) is 0 Å². The molecule has 0 spiro atoms. The van der Waals surface area contributed by atoms with Gasteiger partial charge in [-0.2, -0.15) is 0 Å². The van der Waals surface area contributed by atoms with Crippen molar-refractivity contribution >= 4 is 21.4 Å². The van der Waals surface area contributed by atoms with E-state index in [-0.39, 0.29) is 17.1 Å². The van der Waals surface area contributed by atoms with Gasteiger partial charge in [-0.05, 0) is 37.8 Å². The molecular formula is C13H17N3O4S. The number of nitro benzene ring substituents is 1. The summed E-state index contributed by atoms with van der Waals surface area (Å²) in [6.07, 6.45) is 5.96. The maximum Gasteiger partial charge on any atom is 0.293 e. The zero-order chi connectivity index (χ0) is 15.5. The van der Waals surface area contributed by atoms with Gasteiger partial charge in [-0.15, -0.1) is 0 Å². The van der Waals surface area contributed by atoms with E-state index in [0.717, 1.165) is 25.3 Å². The number of nitrogen functional groups attached to an aromatic ring is 1. The van der Waals surface area contributed by atoms with Crippen LogP contribution in [0.15, 0.2) is 34.7 Å². The van der Waals surface area contributed by atoms with Gasteiger partial charge in [0, 0.05) is 12.6 Å². The molecule has 0 aliphatic heterocycles. The van der Waals surface area contributed by atoms with Gasteiger partial charge >= 0.3 is 0 Å². The quantitative estimate of drug-likeness (QED) is 0.360. The van der Waals surface area contributed by atoms with Crippen LogP contribution in [-0.2, 0) is 10.0 Å². The minimum atomic E-state index is -3.76. The molecule has 0 radical (unpaired) electrons. The highest BCUT2D eigenvalue weighted by Gasteiger charge is 2.20.